The van der Waals surface area contributed by atoms with Crippen LogP contribution in [0.5, 0.6) is 0 Å². The van der Waals surface area contributed by atoms with Gasteiger partial charge in [0.25, 0.3) is 0 Å². The molecule has 1 aliphatic heterocycles. The number of piperidine rings is 1. The molecule has 1 heteroatoms. The Labute approximate surface area is 433 Å². The first kappa shape index (κ1) is 45.8. The molecular weight excluding hydrogens is 879 g/mol. The Morgan fingerprint density at radius 3 is 1.14 bits per heavy atom. The minimum absolute atomic E-state index is 0.186. The summed E-state index contributed by atoms with van der Waals surface area (Å²) in [5.74, 6) is 0. The summed E-state index contributed by atoms with van der Waals surface area (Å²) < 4.78 is 0. The van der Waals surface area contributed by atoms with Crippen LogP contribution in [0.4, 0.5) is 0 Å². The molecule has 1 saturated heterocycles. The molecule has 1 N–H and O–H groups in total. The van der Waals surface area contributed by atoms with E-state index in [4.69, 9.17) is 0 Å². The van der Waals surface area contributed by atoms with Crippen molar-refractivity contribution < 1.29 is 0 Å². The number of benzene rings is 9. The minimum atomic E-state index is -0.186. The van der Waals surface area contributed by atoms with E-state index in [0.717, 1.165) is 13.1 Å². The molecule has 1 heterocycles. The van der Waals surface area contributed by atoms with Crippen molar-refractivity contribution in [3.63, 3.8) is 0 Å². The molecule has 0 radical (unpaired) electrons. The third-order valence-electron chi connectivity index (χ3n) is 18.0. The maximum absolute atomic E-state index is 3.57. The van der Waals surface area contributed by atoms with E-state index in [1.165, 1.54) is 155 Å². The number of fused-ring (bicyclic) bond motifs is 21. The van der Waals surface area contributed by atoms with Gasteiger partial charge in [0.15, 0.2) is 0 Å². The Bertz CT molecular complexity index is 3640. The fourth-order valence-electron chi connectivity index (χ4n) is 14.7. The summed E-state index contributed by atoms with van der Waals surface area (Å²) in [6, 6.07) is 55.8. The smallest absolute Gasteiger partial charge is 0.0587 e. The van der Waals surface area contributed by atoms with Gasteiger partial charge in [-0.25, -0.2) is 0 Å². The molecule has 1 saturated carbocycles. The van der Waals surface area contributed by atoms with Crippen LogP contribution in [0.25, 0.3) is 65.7 Å². The fraction of sp³-hybridized carbons (Fsp3) is 0.250. The number of hydrogen-bond donors (Lipinski definition) is 1. The first-order valence-corrected chi connectivity index (χ1v) is 27.3. The van der Waals surface area contributed by atoms with Crippen LogP contribution in [-0.4, -0.2) is 13.1 Å². The van der Waals surface area contributed by atoms with Gasteiger partial charge < -0.3 is 5.32 Å². The Hall–Kier alpha value is -7.06. The number of rotatable bonds is 0. The molecule has 15 rings (SSSR count). The molecule has 360 valence electrons. The van der Waals surface area contributed by atoms with E-state index in [0.29, 0.717) is 0 Å². The van der Waals surface area contributed by atoms with Crippen LogP contribution in [0.2, 0.25) is 0 Å². The van der Waals surface area contributed by atoms with Crippen LogP contribution in [0.1, 0.15) is 112 Å². The van der Waals surface area contributed by atoms with Crippen LogP contribution in [0.3, 0.4) is 0 Å². The number of aryl methyl sites for hydroxylation is 6. The van der Waals surface area contributed by atoms with Gasteiger partial charge in [0.2, 0.25) is 0 Å². The molecule has 1 nitrogen and oxygen atoms in total. The lowest BCUT2D eigenvalue weighted by atomic mass is 9.66. The molecule has 3 spiro atoms. The summed E-state index contributed by atoms with van der Waals surface area (Å²) in [5.41, 5.74) is 26.1. The summed E-state index contributed by atoms with van der Waals surface area (Å²) >= 11 is 0. The zero-order valence-electron chi connectivity index (χ0n) is 43.7. The maximum Gasteiger partial charge on any atom is 0.0587 e. The topological polar surface area (TPSA) is 12.0 Å². The van der Waals surface area contributed by atoms with Crippen molar-refractivity contribution in [3.8, 4) is 33.4 Å². The highest BCUT2D eigenvalue weighted by Gasteiger charge is 2.46. The predicted octanol–water partition coefficient (Wildman–Crippen LogP) is 18.2. The molecule has 0 amide bonds. The van der Waals surface area contributed by atoms with Crippen molar-refractivity contribution in [1.82, 2.24) is 5.32 Å². The molecule has 0 bridgehead atoms. The lowest BCUT2D eigenvalue weighted by Gasteiger charge is -2.37. The fourth-order valence-corrected chi connectivity index (χ4v) is 14.7. The number of nitrogens with one attached hydrogen (secondary N) is 1. The van der Waals surface area contributed by atoms with Crippen LogP contribution >= 0.6 is 0 Å². The van der Waals surface area contributed by atoms with E-state index < -0.39 is 0 Å². The highest BCUT2D eigenvalue weighted by atomic mass is 14.9. The van der Waals surface area contributed by atoms with Gasteiger partial charge in [-0.2, -0.15) is 0 Å². The molecule has 2 fully saturated rings. The molecule has 6 aliphatic rings. The van der Waals surface area contributed by atoms with E-state index in [2.05, 4.69) is 229 Å². The normalized spacial score (nSPS) is 17.3. The Morgan fingerprint density at radius 1 is 0.315 bits per heavy atom. The van der Waals surface area contributed by atoms with Crippen molar-refractivity contribution >= 4 is 32.3 Å². The van der Waals surface area contributed by atoms with E-state index >= 15 is 0 Å². The maximum atomic E-state index is 3.57. The van der Waals surface area contributed by atoms with E-state index in [-0.39, 0.29) is 16.2 Å². The van der Waals surface area contributed by atoms with Gasteiger partial charge in [0.05, 0.1) is 5.41 Å². The minimum Gasteiger partial charge on any atom is -0.317 e. The third kappa shape index (κ3) is 7.21. The monoisotopic (exact) mass is 946 g/mol. The molecule has 9 aromatic carbocycles. The van der Waals surface area contributed by atoms with E-state index in [1.54, 1.807) is 22.3 Å². The molecule has 0 atom stereocenters. The molecular formula is C72H67N. The lowest BCUT2D eigenvalue weighted by molar-refractivity contribution is 0.355. The van der Waals surface area contributed by atoms with Crippen molar-refractivity contribution in [2.24, 2.45) is 0 Å². The first-order chi connectivity index (χ1) is 35.6. The second kappa shape index (κ2) is 17.6. The Balaban J connectivity index is 0.000000106. The van der Waals surface area contributed by atoms with Crippen LogP contribution in [0, 0.1) is 41.5 Å². The van der Waals surface area contributed by atoms with Gasteiger partial charge in [-0.1, -0.05) is 235 Å². The average Bonchev–Trinajstić information content (AvgIpc) is 3.80. The SMILES string of the molecule is Cc1ccc2c(c1)C1(C=CC=CC=C1)c1c-2ccc2cc(C)ccc12.Cc1ccc2c(c1)C1(CCCCC1)c1c-2ccc2cc(C)ccc12.Cc1ccc2c(c1)C1(CCNCC1)c1c-2ccc2cc(C)ccc12. The van der Waals surface area contributed by atoms with Gasteiger partial charge >= 0.3 is 0 Å². The number of allylic oxidation sites excluding steroid dienone is 6. The summed E-state index contributed by atoms with van der Waals surface area (Å²) in [6.45, 7) is 15.4. The van der Waals surface area contributed by atoms with E-state index in [9.17, 15) is 0 Å². The van der Waals surface area contributed by atoms with Gasteiger partial charge in [-0.05, 0) is 179 Å². The largest absolute Gasteiger partial charge is 0.317 e. The third-order valence-corrected chi connectivity index (χ3v) is 18.0. The van der Waals surface area contributed by atoms with Crippen molar-refractivity contribution in [2.45, 2.75) is 103 Å². The van der Waals surface area contributed by atoms with Gasteiger partial charge in [0, 0.05) is 10.8 Å². The summed E-state index contributed by atoms with van der Waals surface area (Å²) in [4.78, 5) is 0. The van der Waals surface area contributed by atoms with Gasteiger partial charge in [0.1, 0.15) is 0 Å². The first-order valence-electron chi connectivity index (χ1n) is 27.3. The summed E-state index contributed by atoms with van der Waals surface area (Å²) in [7, 11) is 0. The van der Waals surface area contributed by atoms with Crippen molar-refractivity contribution in [3.05, 3.63) is 249 Å². The zero-order valence-corrected chi connectivity index (χ0v) is 43.7. The molecule has 5 aliphatic carbocycles. The highest BCUT2D eigenvalue weighted by Crippen LogP contribution is 2.59. The van der Waals surface area contributed by atoms with Crippen molar-refractivity contribution in [2.75, 3.05) is 13.1 Å². The second-order valence-corrected chi connectivity index (χ2v) is 22.7. The molecule has 0 aromatic heterocycles. The average molecular weight is 946 g/mol. The Morgan fingerprint density at radius 2 is 0.671 bits per heavy atom. The van der Waals surface area contributed by atoms with Crippen molar-refractivity contribution in [1.29, 1.82) is 0 Å². The van der Waals surface area contributed by atoms with Crippen LogP contribution < -0.4 is 5.32 Å². The predicted molar refractivity (Wildman–Crippen MR) is 312 cm³/mol. The number of hydrogen-bond acceptors (Lipinski definition) is 1. The highest BCUT2D eigenvalue weighted by molar-refractivity contribution is 6.01. The second-order valence-electron chi connectivity index (χ2n) is 22.7. The standard InChI is InChI=1S/C25H20.C24H24.C23H23N/c1-17-7-10-20-19(15-17)9-12-22-21-11-8-18(2)16-23(21)25(24(20)22)13-5-3-4-6-14-25;1-16-6-9-19-18(14-16)8-11-21-20-10-7-17(2)15-22(20)24(23(19)21)12-4-3-5-13-24;1-15-3-6-18-17(13-15)5-8-20-19-7-4-16(2)14-21(19)23(22(18)20)9-11-24-12-10-23/h3-16H,1-2H3;6-11,14-15H,3-5,12-13H2,1-2H3;3-8,13-14,24H,9-12H2,1-2H3. The van der Waals surface area contributed by atoms with Crippen LogP contribution in [-0.2, 0) is 16.2 Å². The summed E-state index contributed by atoms with van der Waals surface area (Å²) in [5, 5.41) is 12.0. The van der Waals surface area contributed by atoms with Crippen LogP contribution in [0.15, 0.2) is 182 Å². The molecule has 73 heavy (non-hydrogen) atoms. The van der Waals surface area contributed by atoms with E-state index in [1.807, 2.05) is 0 Å². The molecule has 0 unspecified atom stereocenters. The molecule has 9 aromatic rings. The Kier molecular flexibility index (Phi) is 11.0. The lowest BCUT2D eigenvalue weighted by Crippen LogP contribution is -2.39. The van der Waals surface area contributed by atoms with Gasteiger partial charge in [-0.3, -0.25) is 0 Å². The summed E-state index contributed by atoms with van der Waals surface area (Å²) in [6.07, 6.45) is 22.4. The zero-order chi connectivity index (χ0) is 49.6. The quantitative estimate of drug-likeness (QED) is 0.160. The van der Waals surface area contributed by atoms with Gasteiger partial charge in [-0.15, -0.1) is 0 Å².